The van der Waals surface area contributed by atoms with Crippen molar-refractivity contribution in [3.8, 4) is 0 Å². The van der Waals surface area contributed by atoms with Crippen LogP contribution in [0.15, 0.2) is 42.5 Å². The Labute approximate surface area is 162 Å². The van der Waals surface area contributed by atoms with Crippen molar-refractivity contribution in [1.29, 1.82) is 0 Å². The summed E-state index contributed by atoms with van der Waals surface area (Å²) in [4.78, 5) is 16.1. The summed E-state index contributed by atoms with van der Waals surface area (Å²) in [6.07, 6.45) is 0. The predicted octanol–water partition coefficient (Wildman–Crippen LogP) is 3.40. The van der Waals surface area contributed by atoms with Crippen molar-refractivity contribution in [3.63, 3.8) is 0 Å². The van der Waals surface area contributed by atoms with E-state index < -0.39 is 27.7 Å². The quantitative estimate of drug-likeness (QED) is 0.731. The third kappa shape index (κ3) is 3.19. The topological polar surface area (TPSA) is 57.7 Å². The van der Waals surface area contributed by atoms with Crippen molar-refractivity contribution in [2.75, 3.05) is 16.4 Å². The van der Waals surface area contributed by atoms with E-state index in [2.05, 4.69) is 0 Å². The third-order valence-electron chi connectivity index (χ3n) is 5.21. The van der Waals surface area contributed by atoms with Gasteiger partial charge in [-0.15, -0.1) is 0 Å². The van der Waals surface area contributed by atoms with Crippen LogP contribution in [0, 0.1) is 12.7 Å². The predicted molar refractivity (Wildman–Crippen MR) is 102 cm³/mol. The molecule has 0 unspecified atom stereocenters. The van der Waals surface area contributed by atoms with Crippen molar-refractivity contribution in [3.05, 3.63) is 64.4 Å². The Kier molecular flexibility index (Phi) is 4.39. The molecule has 0 saturated carbocycles. The molecule has 2 fully saturated rings. The van der Waals surface area contributed by atoms with E-state index in [0.29, 0.717) is 16.3 Å². The fourth-order valence-corrected chi connectivity index (χ4v) is 5.93. The van der Waals surface area contributed by atoms with E-state index in [1.807, 2.05) is 6.92 Å². The van der Waals surface area contributed by atoms with E-state index in [9.17, 15) is 17.6 Å². The zero-order valence-corrected chi connectivity index (χ0v) is 16.2. The van der Waals surface area contributed by atoms with Gasteiger partial charge in [-0.25, -0.2) is 17.6 Å². The van der Waals surface area contributed by atoms with Crippen LogP contribution >= 0.6 is 11.6 Å². The highest BCUT2D eigenvalue weighted by molar-refractivity contribution is 7.91. The molecule has 142 valence electrons. The number of carbonyl (C=O) groups is 1. The number of hydrogen-bond acceptors (Lipinski definition) is 3. The van der Waals surface area contributed by atoms with E-state index in [0.717, 1.165) is 5.56 Å². The van der Waals surface area contributed by atoms with E-state index >= 15 is 0 Å². The summed E-state index contributed by atoms with van der Waals surface area (Å²) in [6.45, 7) is 1.88. The molecule has 0 radical (unpaired) electrons. The molecule has 4 rings (SSSR count). The van der Waals surface area contributed by atoms with Crippen LogP contribution in [0.4, 0.5) is 14.9 Å². The summed E-state index contributed by atoms with van der Waals surface area (Å²) < 4.78 is 38.6. The Morgan fingerprint density at radius 1 is 1.15 bits per heavy atom. The van der Waals surface area contributed by atoms with Crippen LogP contribution in [-0.4, -0.2) is 42.9 Å². The minimum absolute atomic E-state index is 0.0261. The van der Waals surface area contributed by atoms with Crippen molar-refractivity contribution in [1.82, 2.24) is 4.90 Å². The number of benzene rings is 2. The van der Waals surface area contributed by atoms with Gasteiger partial charge >= 0.3 is 6.03 Å². The lowest BCUT2D eigenvalue weighted by molar-refractivity contribution is 0.205. The monoisotopic (exact) mass is 408 g/mol. The van der Waals surface area contributed by atoms with Gasteiger partial charge < -0.3 is 4.90 Å². The summed E-state index contributed by atoms with van der Waals surface area (Å²) in [7, 11) is -3.29. The molecule has 2 aromatic rings. The number of fused-ring (bicyclic) bond motifs is 1. The van der Waals surface area contributed by atoms with Crippen molar-refractivity contribution >= 4 is 33.2 Å². The fraction of sp³-hybridized carbons (Fsp3) is 0.316. The molecule has 2 amide bonds. The van der Waals surface area contributed by atoms with Crippen molar-refractivity contribution in [2.45, 2.75) is 25.6 Å². The molecule has 8 heteroatoms. The lowest BCUT2D eigenvalue weighted by Crippen LogP contribution is -2.37. The highest BCUT2D eigenvalue weighted by Gasteiger charge is 2.53. The average Bonchev–Trinajstić information content (AvgIpc) is 3.03. The minimum Gasteiger partial charge on any atom is -0.314 e. The fourth-order valence-electron chi connectivity index (χ4n) is 3.81. The molecule has 2 aliphatic heterocycles. The maximum Gasteiger partial charge on any atom is 0.325 e. The molecule has 0 spiro atoms. The Morgan fingerprint density at radius 2 is 1.85 bits per heavy atom. The Balaban J connectivity index is 1.74. The first-order chi connectivity index (χ1) is 12.8. The molecule has 2 aromatic carbocycles. The summed E-state index contributed by atoms with van der Waals surface area (Å²) in [5.41, 5.74) is 1.78. The zero-order valence-electron chi connectivity index (χ0n) is 14.6. The smallest absolute Gasteiger partial charge is 0.314 e. The number of nitrogens with zero attached hydrogens (tertiary/aromatic N) is 2. The highest BCUT2D eigenvalue weighted by atomic mass is 35.5. The van der Waals surface area contributed by atoms with Crippen molar-refractivity contribution < 1.29 is 17.6 Å². The average molecular weight is 409 g/mol. The van der Waals surface area contributed by atoms with Gasteiger partial charge in [0.05, 0.1) is 30.1 Å². The molecule has 2 saturated heterocycles. The second-order valence-corrected chi connectivity index (χ2v) is 9.58. The van der Waals surface area contributed by atoms with Gasteiger partial charge in [0.2, 0.25) is 0 Å². The van der Waals surface area contributed by atoms with Gasteiger partial charge in [-0.05, 0) is 30.7 Å². The SMILES string of the molecule is Cc1ccc(N2C(=O)N(Cc3ccccc3F)[C@H]3CS(=O)(=O)C[C@@H]32)cc1Cl. The van der Waals surface area contributed by atoms with Crippen LogP contribution in [0.3, 0.4) is 0 Å². The second kappa shape index (κ2) is 6.49. The zero-order chi connectivity index (χ0) is 19.3. The number of amides is 2. The molecule has 5 nitrogen and oxygen atoms in total. The van der Waals surface area contributed by atoms with Gasteiger partial charge in [0.15, 0.2) is 9.84 Å². The third-order valence-corrected chi connectivity index (χ3v) is 7.32. The second-order valence-electron chi connectivity index (χ2n) is 7.02. The van der Waals surface area contributed by atoms with Crippen LogP contribution in [-0.2, 0) is 16.4 Å². The van der Waals surface area contributed by atoms with E-state index in [4.69, 9.17) is 11.6 Å². The molecule has 2 heterocycles. The number of hydrogen-bond donors (Lipinski definition) is 0. The maximum absolute atomic E-state index is 14.1. The summed E-state index contributed by atoms with van der Waals surface area (Å²) in [5, 5.41) is 0.505. The highest BCUT2D eigenvalue weighted by Crippen LogP contribution is 2.37. The van der Waals surface area contributed by atoms with Crippen molar-refractivity contribution in [2.24, 2.45) is 0 Å². The molecule has 0 bridgehead atoms. The maximum atomic E-state index is 14.1. The van der Waals surface area contributed by atoms with Gasteiger partial charge in [-0.3, -0.25) is 4.90 Å². The van der Waals surface area contributed by atoms with Gasteiger partial charge in [-0.1, -0.05) is 35.9 Å². The molecule has 0 N–H and O–H groups in total. The van der Waals surface area contributed by atoms with Crippen LogP contribution < -0.4 is 4.90 Å². The van der Waals surface area contributed by atoms with Gasteiger partial charge in [0.1, 0.15) is 5.82 Å². The normalized spacial score (nSPS) is 23.7. The number of urea groups is 1. The number of carbonyl (C=O) groups excluding carboxylic acids is 1. The number of aryl methyl sites for hydroxylation is 1. The summed E-state index contributed by atoms with van der Waals surface area (Å²) >= 11 is 6.21. The van der Waals surface area contributed by atoms with Crippen LogP contribution in [0.2, 0.25) is 5.02 Å². The molecule has 27 heavy (non-hydrogen) atoms. The Hall–Kier alpha value is -2.12. The first-order valence-corrected chi connectivity index (χ1v) is 10.8. The van der Waals surface area contributed by atoms with Gasteiger partial charge in [0, 0.05) is 16.3 Å². The molecule has 0 aromatic heterocycles. The van der Waals surface area contributed by atoms with E-state index in [1.165, 1.54) is 15.9 Å². The molecular weight excluding hydrogens is 391 g/mol. The molecule has 2 aliphatic rings. The first kappa shape index (κ1) is 18.3. The lowest BCUT2D eigenvalue weighted by Gasteiger charge is -2.23. The molecular formula is C19H18ClFN2O3S. The van der Waals surface area contributed by atoms with Gasteiger partial charge in [-0.2, -0.15) is 0 Å². The standard InChI is InChI=1S/C19H18ClFN2O3S/c1-12-6-7-14(8-15(12)20)23-18-11-27(25,26)10-17(18)22(19(23)24)9-13-4-2-3-5-16(13)21/h2-8,17-18H,9-11H2,1H3/t17-,18-/m0/s1. The summed E-state index contributed by atoms with van der Waals surface area (Å²) in [5.74, 6) is -0.643. The molecule has 2 atom stereocenters. The van der Waals surface area contributed by atoms with Crippen LogP contribution in [0.5, 0.6) is 0 Å². The number of sulfone groups is 1. The summed E-state index contributed by atoms with van der Waals surface area (Å²) in [6, 6.07) is 10.1. The Morgan fingerprint density at radius 3 is 2.56 bits per heavy atom. The number of halogens is 2. The first-order valence-electron chi connectivity index (χ1n) is 8.56. The molecule has 0 aliphatic carbocycles. The Bertz CT molecular complexity index is 1030. The van der Waals surface area contributed by atoms with Crippen LogP contribution in [0.1, 0.15) is 11.1 Å². The minimum atomic E-state index is -3.29. The number of anilines is 1. The van der Waals surface area contributed by atoms with E-state index in [-0.39, 0.29) is 24.1 Å². The number of rotatable bonds is 3. The van der Waals surface area contributed by atoms with E-state index in [1.54, 1.807) is 36.4 Å². The largest absolute Gasteiger partial charge is 0.325 e. The van der Waals surface area contributed by atoms with Gasteiger partial charge in [0.25, 0.3) is 0 Å². The van der Waals surface area contributed by atoms with Crippen LogP contribution in [0.25, 0.3) is 0 Å². The lowest BCUT2D eigenvalue weighted by atomic mass is 10.1.